The van der Waals surface area contributed by atoms with E-state index in [4.69, 9.17) is 4.42 Å². The van der Waals surface area contributed by atoms with E-state index in [1.807, 2.05) is 43.3 Å². The summed E-state index contributed by atoms with van der Waals surface area (Å²) in [5.74, 6) is -1.29. The number of aryl methyl sites for hydroxylation is 2. The van der Waals surface area contributed by atoms with Gasteiger partial charge >= 0.3 is 0 Å². The summed E-state index contributed by atoms with van der Waals surface area (Å²) in [4.78, 5) is 23.1. The van der Waals surface area contributed by atoms with Gasteiger partial charge in [-0.1, -0.05) is 36.4 Å². The van der Waals surface area contributed by atoms with Crippen LogP contribution < -0.4 is 0 Å². The molecule has 4 aromatic rings. The minimum absolute atomic E-state index is 0.000162. The number of pyridine rings is 1. The van der Waals surface area contributed by atoms with Gasteiger partial charge in [-0.2, -0.15) is 0 Å². The van der Waals surface area contributed by atoms with Crippen molar-refractivity contribution in [3.63, 3.8) is 0 Å². The summed E-state index contributed by atoms with van der Waals surface area (Å²) in [6, 6.07) is 15.3. The molecule has 0 aliphatic heterocycles. The molecular weight excluding hydrogens is 424 g/mol. The first-order valence-corrected chi connectivity index (χ1v) is 10.6. The summed E-state index contributed by atoms with van der Waals surface area (Å²) in [6.45, 7) is 2.88. The Labute approximate surface area is 190 Å². The standard InChI is InChI=1S/C26H23F2N3O2/c1-18-6-2-3-8-20(18)17-31(16-19-7-5-13-29-14-19)25(32)12-11-24-30-15-23(33-24)26-21(27)9-4-10-22(26)28/h2-10,13-15H,11-12,16-17H2,1H3. The first kappa shape index (κ1) is 22.3. The van der Waals surface area contributed by atoms with Gasteiger partial charge in [0.2, 0.25) is 5.91 Å². The van der Waals surface area contributed by atoms with Gasteiger partial charge in [0, 0.05) is 38.3 Å². The summed E-state index contributed by atoms with van der Waals surface area (Å²) in [5.41, 5.74) is 2.82. The Morgan fingerprint density at radius 1 is 0.970 bits per heavy atom. The van der Waals surface area contributed by atoms with Gasteiger partial charge in [-0.25, -0.2) is 13.8 Å². The number of carbonyl (C=O) groups is 1. The van der Waals surface area contributed by atoms with Crippen LogP contribution in [0, 0.1) is 18.6 Å². The normalized spacial score (nSPS) is 10.9. The molecule has 33 heavy (non-hydrogen) atoms. The topological polar surface area (TPSA) is 59.2 Å². The Morgan fingerprint density at radius 2 is 1.76 bits per heavy atom. The van der Waals surface area contributed by atoms with Crippen LogP contribution in [0.5, 0.6) is 0 Å². The molecule has 0 spiro atoms. The summed E-state index contributed by atoms with van der Waals surface area (Å²) in [7, 11) is 0. The fraction of sp³-hybridized carbons (Fsp3) is 0.192. The Kier molecular flexibility index (Phi) is 6.88. The van der Waals surface area contributed by atoms with E-state index < -0.39 is 11.6 Å². The van der Waals surface area contributed by atoms with Gasteiger partial charge in [-0.3, -0.25) is 9.78 Å². The zero-order valence-electron chi connectivity index (χ0n) is 18.2. The number of hydrogen-bond donors (Lipinski definition) is 0. The number of oxazole rings is 1. The lowest BCUT2D eigenvalue weighted by Crippen LogP contribution is -2.30. The maximum Gasteiger partial charge on any atom is 0.223 e. The summed E-state index contributed by atoms with van der Waals surface area (Å²) in [6.07, 6.45) is 5.07. The van der Waals surface area contributed by atoms with E-state index in [9.17, 15) is 13.6 Å². The maximum atomic E-state index is 14.0. The minimum Gasteiger partial charge on any atom is -0.441 e. The second-order valence-corrected chi connectivity index (χ2v) is 7.75. The molecule has 2 heterocycles. The van der Waals surface area contributed by atoms with Crippen molar-refractivity contribution in [3.05, 3.63) is 107 Å². The monoisotopic (exact) mass is 447 g/mol. The van der Waals surface area contributed by atoms with Crippen molar-refractivity contribution in [2.75, 3.05) is 0 Å². The predicted molar refractivity (Wildman–Crippen MR) is 120 cm³/mol. The van der Waals surface area contributed by atoms with Crippen LogP contribution in [0.2, 0.25) is 0 Å². The summed E-state index contributed by atoms with van der Waals surface area (Å²) >= 11 is 0. The molecule has 2 aromatic carbocycles. The third-order valence-corrected chi connectivity index (χ3v) is 5.39. The number of benzene rings is 2. The molecule has 0 bridgehead atoms. The van der Waals surface area contributed by atoms with E-state index in [2.05, 4.69) is 9.97 Å². The second kappa shape index (κ2) is 10.2. The van der Waals surface area contributed by atoms with Crippen LogP contribution in [0.15, 0.2) is 77.6 Å². The van der Waals surface area contributed by atoms with Crippen LogP contribution in [-0.2, 0) is 24.3 Å². The highest BCUT2D eigenvalue weighted by atomic mass is 19.1. The van der Waals surface area contributed by atoms with Crippen molar-refractivity contribution < 1.29 is 18.0 Å². The molecule has 2 aromatic heterocycles. The molecule has 0 N–H and O–H groups in total. The molecule has 5 nitrogen and oxygen atoms in total. The molecule has 0 saturated carbocycles. The van der Waals surface area contributed by atoms with Crippen molar-refractivity contribution in [1.29, 1.82) is 0 Å². The number of nitrogens with zero attached hydrogens (tertiary/aromatic N) is 3. The second-order valence-electron chi connectivity index (χ2n) is 7.75. The Hall–Kier alpha value is -3.87. The van der Waals surface area contributed by atoms with Crippen molar-refractivity contribution in [2.24, 2.45) is 0 Å². The van der Waals surface area contributed by atoms with Gasteiger partial charge in [0.15, 0.2) is 11.7 Å². The smallest absolute Gasteiger partial charge is 0.223 e. The molecule has 0 fully saturated rings. The molecule has 0 aliphatic carbocycles. The van der Waals surface area contributed by atoms with Crippen molar-refractivity contribution in [1.82, 2.24) is 14.9 Å². The Morgan fingerprint density at radius 3 is 2.48 bits per heavy atom. The van der Waals surface area contributed by atoms with E-state index in [0.717, 1.165) is 28.8 Å². The number of hydrogen-bond acceptors (Lipinski definition) is 4. The lowest BCUT2D eigenvalue weighted by atomic mass is 10.1. The zero-order valence-corrected chi connectivity index (χ0v) is 18.2. The van der Waals surface area contributed by atoms with Crippen molar-refractivity contribution in [3.8, 4) is 11.3 Å². The van der Waals surface area contributed by atoms with Gasteiger partial charge in [0.1, 0.15) is 11.6 Å². The molecular formula is C26H23F2N3O2. The van der Waals surface area contributed by atoms with E-state index in [-0.39, 0.29) is 36.0 Å². The third-order valence-electron chi connectivity index (χ3n) is 5.39. The van der Waals surface area contributed by atoms with E-state index in [1.165, 1.54) is 12.3 Å². The zero-order chi connectivity index (χ0) is 23.2. The highest BCUT2D eigenvalue weighted by Gasteiger charge is 2.19. The third kappa shape index (κ3) is 5.49. The predicted octanol–water partition coefficient (Wildman–Crippen LogP) is 5.48. The molecule has 0 unspecified atom stereocenters. The number of aromatic nitrogens is 2. The highest BCUT2D eigenvalue weighted by Crippen LogP contribution is 2.27. The van der Waals surface area contributed by atoms with Crippen LogP contribution in [-0.4, -0.2) is 20.8 Å². The summed E-state index contributed by atoms with van der Waals surface area (Å²) < 4.78 is 33.6. The molecule has 0 aliphatic rings. The molecule has 168 valence electrons. The fourth-order valence-electron chi connectivity index (χ4n) is 3.58. The molecule has 1 amide bonds. The molecule has 4 rings (SSSR count). The SMILES string of the molecule is Cc1ccccc1CN(Cc1cccnc1)C(=O)CCc1ncc(-c2c(F)cccc2F)o1. The lowest BCUT2D eigenvalue weighted by molar-refractivity contribution is -0.132. The van der Waals surface area contributed by atoms with Gasteiger partial charge in [-0.05, 0) is 41.8 Å². The maximum absolute atomic E-state index is 14.0. The largest absolute Gasteiger partial charge is 0.441 e. The highest BCUT2D eigenvalue weighted by molar-refractivity contribution is 5.76. The molecule has 7 heteroatoms. The van der Waals surface area contributed by atoms with Gasteiger partial charge in [0.25, 0.3) is 0 Å². The van der Waals surface area contributed by atoms with Crippen LogP contribution in [0.3, 0.4) is 0 Å². The first-order chi connectivity index (χ1) is 16.0. The van der Waals surface area contributed by atoms with Crippen molar-refractivity contribution in [2.45, 2.75) is 32.9 Å². The van der Waals surface area contributed by atoms with Gasteiger partial charge in [0.05, 0.1) is 11.8 Å². The van der Waals surface area contributed by atoms with Crippen molar-refractivity contribution >= 4 is 5.91 Å². The first-order valence-electron chi connectivity index (χ1n) is 10.6. The lowest BCUT2D eigenvalue weighted by Gasteiger charge is -2.23. The Bertz CT molecular complexity index is 1220. The Balaban J connectivity index is 1.48. The number of halogens is 2. The summed E-state index contributed by atoms with van der Waals surface area (Å²) in [5, 5.41) is 0. The number of amides is 1. The quantitative estimate of drug-likeness (QED) is 0.359. The average Bonchev–Trinajstić information content (AvgIpc) is 3.27. The number of carbonyl (C=O) groups excluding carboxylic acids is 1. The van der Waals surface area contributed by atoms with E-state index in [0.29, 0.717) is 13.1 Å². The van der Waals surface area contributed by atoms with Crippen LogP contribution >= 0.6 is 0 Å². The molecule has 0 atom stereocenters. The van der Waals surface area contributed by atoms with Gasteiger partial charge in [-0.15, -0.1) is 0 Å². The molecule has 0 radical (unpaired) electrons. The number of rotatable bonds is 8. The average molecular weight is 447 g/mol. The van der Waals surface area contributed by atoms with E-state index >= 15 is 0 Å². The van der Waals surface area contributed by atoms with Crippen LogP contribution in [0.1, 0.15) is 29.0 Å². The molecule has 0 saturated heterocycles. The minimum atomic E-state index is -0.727. The van der Waals surface area contributed by atoms with Gasteiger partial charge < -0.3 is 9.32 Å². The van der Waals surface area contributed by atoms with E-state index in [1.54, 1.807) is 17.3 Å². The van der Waals surface area contributed by atoms with Crippen LogP contribution in [0.4, 0.5) is 8.78 Å². The van der Waals surface area contributed by atoms with Crippen LogP contribution in [0.25, 0.3) is 11.3 Å². The fourth-order valence-corrected chi connectivity index (χ4v) is 3.58.